The van der Waals surface area contributed by atoms with Crippen LogP contribution in [0.1, 0.15) is 17.3 Å². The molecule has 0 saturated heterocycles. The Morgan fingerprint density at radius 3 is 2.63 bits per heavy atom. The molecule has 19 heavy (non-hydrogen) atoms. The highest BCUT2D eigenvalue weighted by molar-refractivity contribution is 5.96. The molecule has 1 aromatic carbocycles. The summed E-state index contributed by atoms with van der Waals surface area (Å²) in [5.74, 6) is -0.173. The first kappa shape index (κ1) is 15.0. The molecule has 6 nitrogen and oxygen atoms in total. The van der Waals surface area contributed by atoms with Crippen molar-refractivity contribution in [3.05, 3.63) is 23.8 Å². The van der Waals surface area contributed by atoms with Gasteiger partial charge in [-0.3, -0.25) is 4.79 Å². The monoisotopic (exact) mass is 266 g/mol. The van der Waals surface area contributed by atoms with Gasteiger partial charge in [-0.2, -0.15) is 0 Å². The molecular weight excluding hydrogens is 248 g/mol. The van der Waals surface area contributed by atoms with Crippen LogP contribution in [0.15, 0.2) is 18.2 Å². The van der Waals surface area contributed by atoms with Crippen LogP contribution in [-0.2, 0) is 9.53 Å². The van der Waals surface area contributed by atoms with Crippen molar-refractivity contribution in [2.75, 3.05) is 32.6 Å². The second kappa shape index (κ2) is 7.38. The molecule has 0 aromatic heterocycles. The first-order valence-corrected chi connectivity index (χ1v) is 5.92. The molecule has 0 aliphatic rings. The van der Waals surface area contributed by atoms with Crippen LogP contribution >= 0.6 is 0 Å². The zero-order chi connectivity index (χ0) is 14.3. The van der Waals surface area contributed by atoms with Crippen LogP contribution in [0.25, 0.3) is 0 Å². The highest BCUT2D eigenvalue weighted by Gasteiger charge is 2.12. The second-order valence-electron chi connectivity index (χ2n) is 3.71. The number of anilines is 1. The maximum Gasteiger partial charge on any atom is 0.338 e. The summed E-state index contributed by atoms with van der Waals surface area (Å²) in [4.78, 5) is 23.2. The van der Waals surface area contributed by atoms with Gasteiger partial charge in [0.2, 0.25) is 5.91 Å². The number of likely N-dealkylation sites (N-methyl/N-ethyl adjacent to an activating group) is 1. The van der Waals surface area contributed by atoms with Gasteiger partial charge in [0.25, 0.3) is 0 Å². The molecule has 0 aliphatic carbocycles. The van der Waals surface area contributed by atoms with Crippen molar-refractivity contribution in [2.45, 2.75) is 6.92 Å². The Kier molecular flexibility index (Phi) is 5.81. The SMILES string of the molecule is CCOC(=O)c1ccc(OC)c(NC(=O)CNC)c1. The van der Waals surface area contributed by atoms with Crippen LogP contribution in [0.4, 0.5) is 5.69 Å². The Morgan fingerprint density at radius 1 is 1.32 bits per heavy atom. The molecule has 1 amide bonds. The third kappa shape index (κ3) is 4.26. The van der Waals surface area contributed by atoms with Crippen molar-refractivity contribution in [1.82, 2.24) is 5.32 Å². The van der Waals surface area contributed by atoms with Crippen LogP contribution in [0.3, 0.4) is 0 Å². The van der Waals surface area contributed by atoms with Crippen LogP contribution in [0.2, 0.25) is 0 Å². The van der Waals surface area contributed by atoms with E-state index in [9.17, 15) is 9.59 Å². The first-order chi connectivity index (χ1) is 9.12. The van der Waals surface area contributed by atoms with E-state index in [0.717, 1.165) is 0 Å². The largest absolute Gasteiger partial charge is 0.495 e. The average Bonchev–Trinajstić information content (AvgIpc) is 2.39. The predicted octanol–water partition coefficient (Wildman–Crippen LogP) is 1.03. The molecule has 0 spiro atoms. The van der Waals surface area contributed by atoms with Gasteiger partial charge in [-0.25, -0.2) is 4.79 Å². The molecule has 0 radical (unpaired) electrons. The second-order valence-corrected chi connectivity index (χ2v) is 3.71. The number of rotatable bonds is 6. The lowest BCUT2D eigenvalue weighted by Crippen LogP contribution is -2.25. The van der Waals surface area contributed by atoms with Crippen molar-refractivity contribution >= 4 is 17.6 Å². The molecule has 0 fully saturated rings. The van der Waals surface area contributed by atoms with E-state index in [1.54, 1.807) is 26.1 Å². The van der Waals surface area contributed by atoms with E-state index in [2.05, 4.69) is 10.6 Å². The third-order valence-corrected chi connectivity index (χ3v) is 2.32. The number of carbonyl (C=O) groups excluding carboxylic acids is 2. The van der Waals surface area contributed by atoms with Gasteiger partial charge in [0.1, 0.15) is 5.75 Å². The standard InChI is InChI=1S/C13H18N2O4/c1-4-19-13(17)9-5-6-11(18-3)10(7-9)15-12(16)8-14-2/h5-7,14H,4,8H2,1-3H3,(H,15,16). The summed E-state index contributed by atoms with van der Waals surface area (Å²) in [5.41, 5.74) is 0.802. The number of amides is 1. The lowest BCUT2D eigenvalue weighted by molar-refractivity contribution is -0.115. The topological polar surface area (TPSA) is 76.7 Å². The van der Waals surface area contributed by atoms with Crippen molar-refractivity contribution in [3.8, 4) is 5.75 Å². The van der Waals surface area contributed by atoms with Gasteiger partial charge >= 0.3 is 5.97 Å². The van der Waals surface area contributed by atoms with Gasteiger partial charge < -0.3 is 20.1 Å². The quantitative estimate of drug-likeness (QED) is 0.752. The molecule has 0 atom stereocenters. The molecule has 6 heteroatoms. The predicted molar refractivity (Wildman–Crippen MR) is 71.5 cm³/mol. The Hall–Kier alpha value is -2.08. The van der Waals surface area contributed by atoms with Gasteiger partial charge in [0.15, 0.2) is 0 Å². The molecule has 0 bridgehead atoms. The Bertz CT molecular complexity index is 460. The lowest BCUT2D eigenvalue weighted by atomic mass is 10.2. The minimum Gasteiger partial charge on any atom is -0.495 e. The number of ether oxygens (including phenoxy) is 2. The zero-order valence-electron chi connectivity index (χ0n) is 11.3. The smallest absolute Gasteiger partial charge is 0.338 e. The van der Waals surface area contributed by atoms with Crippen LogP contribution < -0.4 is 15.4 Å². The van der Waals surface area contributed by atoms with E-state index in [0.29, 0.717) is 23.6 Å². The fourth-order valence-electron chi connectivity index (χ4n) is 1.50. The Balaban J connectivity index is 2.95. The van der Waals surface area contributed by atoms with E-state index >= 15 is 0 Å². The molecule has 0 aliphatic heterocycles. The van der Waals surface area contributed by atoms with Crippen molar-refractivity contribution < 1.29 is 19.1 Å². The first-order valence-electron chi connectivity index (χ1n) is 5.92. The van der Waals surface area contributed by atoms with Crippen molar-refractivity contribution in [2.24, 2.45) is 0 Å². The summed E-state index contributed by atoms with van der Waals surface area (Å²) in [5, 5.41) is 5.40. The fraction of sp³-hybridized carbons (Fsp3) is 0.385. The van der Waals surface area contributed by atoms with Gasteiger partial charge in [-0.15, -0.1) is 0 Å². The van der Waals surface area contributed by atoms with Crippen LogP contribution in [0.5, 0.6) is 5.75 Å². The maximum atomic E-state index is 11.6. The number of carbonyl (C=O) groups is 2. The van der Waals surface area contributed by atoms with Crippen molar-refractivity contribution in [1.29, 1.82) is 0 Å². The molecule has 0 unspecified atom stereocenters. The third-order valence-electron chi connectivity index (χ3n) is 2.32. The van der Waals surface area contributed by atoms with Crippen molar-refractivity contribution in [3.63, 3.8) is 0 Å². The van der Waals surface area contributed by atoms with Gasteiger partial charge in [-0.05, 0) is 32.2 Å². The van der Waals surface area contributed by atoms with E-state index in [4.69, 9.17) is 9.47 Å². The molecule has 104 valence electrons. The summed E-state index contributed by atoms with van der Waals surface area (Å²) < 4.78 is 10.0. The molecule has 2 N–H and O–H groups in total. The van der Waals surface area contributed by atoms with Gasteiger partial charge in [0.05, 0.1) is 31.5 Å². The minimum absolute atomic E-state index is 0.173. The summed E-state index contributed by atoms with van der Waals surface area (Å²) in [7, 11) is 3.17. The zero-order valence-corrected chi connectivity index (χ0v) is 11.3. The number of nitrogens with one attached hydrogen (secondary N) is 2. The maximum absolute atomic E-state index is 11.6. The molecule has 1 aromatic rings. The lowest BCUT2D eigenvalue weighted by Gasteiger charge is -2.11. The van der Waals surface area contributed by atoms with E-state index in [1.807, 2.05) is 0 Å². The minimum atomic E-state index is -0.436. The number of hydrogen-bond donors (Lipinski definition) is 2. The fourth-order valence-corrected chi connectivity index (χ4v) is 1.50. The number of benzene rings is 1. The Morgan fingerprint density at radius 2 is 2.05 bits per heavy atom. The highest BCUT2D eigenvalue weighted by atomic mass is 16.5. The number of methoxy groups -OCH3 is 1. The molecule has 1 rings (SSSR count). The number of esters is 1. The van der Waals surface area contributed by atoms with E-state index in [-0.39, 0.29) is 12.5 Å². The van der Waals surface area contributed by atoms with Gasteiger partial charge in [-0.1, -0.05) is 0 Å². The van der Waals surface area contributed by atoms with Gasteiger partial charge in [0, 0.05) is 0 Å². The summed E-state index contributed by atoms with van der Waals surface area (Å²) in [6.07, 6.45) is 0. The average molecular weight is 266 g/mol. The summed E-state index contributed by atoms with van der Waals surface area (Å²) >= 11 is 0. The molecule has 0 heterocycles. The Labute approximate surface area is 112 Å². The number of hydrogen-bond acceptors (Lipinski definition) is 5. The van der Waals surface area contributed by atoms with E-state index < -0.39 is 5.97 Å². The van der Waals surface area contributed by atoms with E-state index in [1.165, 1.54) is 13.2 Å². The van der Waals surface area contributed by atoms with Crippen LogP contribution in [-0.4, -0.2) is 39.2 Å². The summed E-state index contributed by atoms with van der Waals surface area (Å²) in [6.45, 7) is 2.20. The molecular formula is C13H18N2O4. The molecule has 0 saturated carbocycles. The van der Waals surface area contributed by atoms with Crippen LogP contribution in [0, 0.1) is 0 Å². The normalized spacial score (nSPS) is 9.84. The highest BCUT2D eigenvalue weighted by Crippen LogP contribution is 2.25. The summed E-state index contributed by atoms with van der Waals surface area (Å²) in [6, 6.07) is 4.73.